The van der Waals surface area contributed by atoms with Gasteiger partial charge < -0.3 is 0 Å². The van der Waals surface area contributed by atoms with E-state index in [1.54, 1.807) is 0 Å². The Bertz CT molecular complexity index is 369. The minimum absolute atomic E-state index is 0.0718. The molecular weight excluding hydrogens is 229 g/mol. The lowest BCUT2D eigenvalue weighted by Crippen LogP contribution is -2.29. The quantitative estimate of drug-likeness (QED) is 0.350. The average molecular weight is 246 g/mol. The van der Waals surface area contributed by atoms with Gasteiger partial charge in [0, 0.05) is 11.6 Å². The number of hydrogen-bond donors (Lipinski definition) is 2. The molecule has 0 saturated carbocycles. The Kier molecular flexibility index (Phi) is 5.44. The van der Waals surface area contributed by atoms with E-state index in [1.165, 1.54) is 6.07 Å². The van der Waals surface area contributed by atoms with Crippen molar-refractivity contribution in [2.24, 2.45) is 5.84 Å². The third kappa shape index (κ3) is 3.44. The van der Waals surface area contributed by atoms with Gasteiger partial charge in [0.05, 0.1) is 0 Å². The molecule has 17 heavy (non-hydrogen) atoms. The number of hydrazine groups is 1. The summed E-state index contributed by atoms with van der Waals surface area (Å²) in [4.78, 5) is 0. The predicted molar refractivity (Wildman–Crippen MR) is 60.5 cm³/mol. The number of unbranched alkanes of at least 4 members (excludes halogenated alkanes) is 2. The van der Waals surface area contributed by atoms with E-state index >= 15 is 0 Å². The second-order valence-electron chi connectivity index (χ2n) is 3.98. The van der Waals surface area contributed by atoms with Crippen molar-refractivity contribution in [3.8, 4) is 0 Å². The zero-order valence-corrected chi connectivity index (χ0v) is 9.77. The number of benzene rings is 1. The molecule has 1 aromatic rings. The number of rotatable bonds is 6. The highest BCUT2D eigenvalue weighted by molar-refractivity contribution is 5.23. The molecule has 0 aliphatic rings. The first-order valence-electron chi connectivity index (χ1n) is 5.71. The van der Waals surface area contributed by atoms with E-state index in [0.29, 0.717) is 6.42 Å². The lowest BCUT2D eigenvalue weighted by Gasteiger charge is -2.17. The highest BCUT2D eigenvalue weighted by Gasteiger charge is 2.19. The first-order chi connectivity index (χ1) is 8.11. The molecule has 0 heterocycles. The molecule has 0 aromatic heterocycles. The Morgan fingerprint density at radius 2 is 1.88 bits per heavy atom. The summed E-state index contributed by atoms with van der Waals surface area (Å²) in [6, 6.07) is 1.65. The summed E-state index contributed by atoms with van der Waals surface area (Å²) in [6.45, 7) is 2.04. The molecule has 0 fully saturated rings. The van der Waals surface area contributed by atoms with Crippen molar-refractivity contribution < 1.29 is 13.2 Å². The van der Waals surface area contributed by atoms with Gasteiger partial charge in [0.1, 0.15) is 0 Å². The Labute approximate surface area is 99.0 Å². The first kappa shape index (κ1) is 14.0. The highest BCUT2D eigenvalue weighted by Crippen LogP contribution is 2.24. The van der Waals surface area contributed by atoms with Gasteiger partial charge in [0.15, 0.2) is 17.5 Å². The van der Waals surface area contributed by atoms with Gasteiger partial charge in [0.2, 0.25) is 0 Å². The van der Waals surface area contributed by atoms with Crippen molar-refractivity contribution >= 4 is 0 Å². The summed E-state index contributed by atoms with van der Waals surface area (Å²) in [7, 11) is 0. The molecule has 1 atom stereocenters. The van der Waals surface area contributed by atoms with Crippen molar-refractivity contribution in [1.29, 1.82) is 0 Å². The molecular formula is C12H17F3N2. The summed E-state index contributed by atoms with van der Waals surface area (Å²) >= 11 is 0. The molecule has 1 aromatic carbocycles. The second-order valence-corrected chi connectivity index (χ2v) is 3.98. The lowest BCUT2D eigenvalue weighted by atomic mass is 10.0. The Morgan fingerprint density at radius 1 is 1.18 bits per heavy atom. The number of hydrogen-bond acceptors (Lipinski definition) is 2. The van der Waals surface area contributed by atoms with Crippen LogP contribution in [0.1, 0.15) is 44.2 Å². The second kappa shape index (κ2) is 6.61. The molecule has 3 N–H and O–H groups in total. The monoisotopic (exact) mass is 246 g/mol. The Morgan fingerprint density at radius 3 is 2.47 bits per heavy atom. The maximum Gasteiger partial charge on any atom is 0.194 e. The van der Waals surface area contributed by atoms with Crippen LogP contribution in [0.3, 0.4) is 0 Å². The minimum Gasteiger partial charge on any atom is -0.271 e. The van der Waals surface area contributed by atoms with Crippen LogP contribution in [0.15, 0.2) is 12.1 Å². The Balaban J connectivity index is 2.85. The van der Waals surface area contributed by atoms with Gasteiger partial charge in [-0.1, -0.05) is 32.3 Å². The predicted octanol–water partition coefficient (Wildman–Crippen LogP) is 3.19. The summed E-state index contributed by atoms with van der Waals surface area (Å²) in [5, 5.41) is 0. The van der Waals surface area contributed by atoms with Gasteiger partial charge in [-0.3, -0.25) is 11.3 Å². The molecule has 0 radical (unpaired) electrons. The fourth-order valence-electron chi connectivity index (χ4n) is 1.74. The topological polar surface area (TPSA) is 38.0 Å². The fourth-order valence-corrected chi connectivity index (χ4v) is 1.74. The van der Waals surface area contributed by atoms with Crippen LogP contribution in [0.25, 0.3) is 0 Å². The van der Waals surface area contributed by atoms with E-state index in [0.717, 1.165) is 25.3 Å². The highest BCUT2D eigenvalue weighted by atomic mass is 19.2. The van der Waals surface area contributed by atoms with Gasteiger partial charge in [-0.2, -0.15) is 0 Å². The summed E-state index contributed by atoms with van der Waals surface area (Å²) in [6.07, 6.45) is 3.46. The van der Waals surface area contributed by atoms with Crippen LogP contribution in [0.4, 0.5) is 13.2 Å². The average Bonchev–Trinajstić information content (AvgIpc) is 2.33. The molecule has 5 heteroatoms. The third-order valence-electron chi connectivity index (χ3n) is 2.74. The van der Waals surface area contributed by atoms with E-state index in [2.05, 4.69) is 5.43 Å². The molecule has 0 spiro atoms. The zero-order chi connectivity index (χ0) is 12.8. The van der Waals surface area contributed by atoms with Crippen molar-refractivity contribution in [3.05, 3.63) is 35.1 Å². The van der Waals surface area contributed by atoms with E-state index in [9.17, 15) is 13.2 Å². The molecule has 0 aliphatic heterocycles. The number of nitrogens with two attached hydrogens (primary N) is 1. The molecule has 1 rings (SSSR count). The van der Waals surface area contributed by atoms with E-state index in [-0.39, 0.29) is 5.56 Å². The third-order valence-corrected chi connectivity index (χ3v) is 2.74. The van der Waals surface area contributed by atoms with Crippen molar-refractivity contribution in [2.45, 2.75) is 38.6 Å². The van der Waals surface area contributed by atoms with Gasteiger partial charge in [0.25, 0.3) is 0 Å². The van der Waals surface area contributed by atoms with Crippen molar-refractivity contribution in [3.63, 3.8) is 0 Å². The molecule has 96 valence electrons. The largest absolute Gasteiger partial charge is 0.271 e. The van der Waals surface area contributed by atoms with E-state index in [1.807, 2.05) is 6.92 Å². The normalized spacial score (nSPS) is 12.8. The summed E-state index contributed by atoms with van der Waals surface area (Å²) < 4.78 is 39.3. The van der Waals surface area contributed by atoms with Crippen molar-refractivity contribution in [2.75, 3.05) is 0 Å². The lowest BCUT2D eigenvalue weighted by molar-refractivity contribution is 0.414. The summed E-state index contributed by atoms with van der Waals surface area (Å²) in [5.74, 6) is 1.52. The van der Waals surface area contributed by atoms with Crippen LogP contribution < -0.4 is 11.3 Å². The molecule has 2 nitrogen and oxygen atoms in total. The maximum absolute atomic E-state index is 13.5. The van der Waals surface area contributed by atoms with E-state index in [4.69, 9.17) is 5.84 Å². The molecule has 0 saturated heterocycles. The van der Waals surface area contributed by atoms with Gasteiger partial charge in [-0.05, 0) is 12.5 Å². The van der Waals surface area contributed by atoms with Crippen LogP contribution in [-0.4, -0.2) is 0 Å². The molecule has 0 aliphatic carbocycles. The number of nitrogens with one attached hydrogen (secondary N) is 1. The van der Waals surface area contributed by atoms with Gasteiger partial charge in [-0.15, -0.1) is 0 Å². The summed E-state index contributed by atoms with van der Waals surface area (Å²) in [5.41, 5.74) is 2.51. The fraction of sp³-hybridized carbons (Fsp3) is 0.500. The minimum atomic E-state index is -1.45. The molecule has 0 amide bonds. The SMILES string of the molecule is CCCCCC(NN)c1ccc(F)c(F)c1F. The first-order valence-corrected chi connectivity index (χ1v) is 5.71. The molecule has 1 unspecified atom stereocenters. The van der Waals surface area contributed by atoms with Crippen LogP contribution >= 0.6 is 0 Å². The number of halogens is 3. The standard InChI is InChI=1S/C12H17F3N2/c1-2-3-4-5-10(17-16)8-6-7-9(13)12(15)11(8)14/h6-7,10,17H,2-5,16H2,1H3. The Hall–Kier alpha value is -1.07. The van der Waals surface area contributed by atoms with Crippen molar-refractivity contribution in [1.82, 2.24) is 5.43 Å². The van der Waals surface area contributed by atoms with Gasteiger partial charge in [-0.25, -0.2) is 13.2 Å². The van der Waals surface area contributed by atoms with Crippen LogP contribution in [-0.2, 0) is 0 Å². The van der Waals surface area contributed by atoms with Gasteiger partial charge >= 0.3 is 0 Å². The smallest absolute Gasteiger partial charge is 0.194 e. The molecule has 0 bridgehead atoms. The zero-order valence-electron chi connectivity index (χ0n) is 9.77. The maximum atomic E-state index is 13.5. The van der Waals surface area contributed by atoms with Crippen LogP contribution in [0.5, 0.6) is 0 Å². The van der Waals surface area contributed by atoms with E-state index < -0.39 is 23.5 Å². The van der Waals surface area contributed by atoms with Crippen LogP contribution in [0, 0.1) is 17.5 Å². The van der Waals surface area contributed by atoms with Crippen LogP contribution in [0.2, 0.25) is 0 Å².